The Hall–Kier alpha value is -0.660. The van der Waals surface area contributed by atoms with E-state index in [-0.39, 0.29) is 12.3 Å². The lowest BCUT2D eigenvalue weighted by atomic mass is 10.3. The van der Waals surface area contributed by atoms with Crippen LogP contribution >= 0.6 is 0 Å². The molecular weight excluding hydrogens is 208 g/mol. The van der Waals surface area contributed by atoms with Crippen molar-refractivity contribution >= 4 is 15.9 Å². The molecule has 1 heterocycles. The highest BCUT2D eigenvalue weighted by Gasteiger charge is 2.28. The first-order valence-electron chi connectivity index (χ1n) is 4.38. The van der Waals surface area contributed by atoms with Gasteiger partial charge in [-0.2, -0.15) is 4.31 Å². The minimum Gasteiger partial charge on any atom is -0.382 e. The quantitative estimate of drug-likeness (QED) is 0.591. The van der Waals surface area contributed by atoms with Crippen LogP contribution in [-0.2, 0) is 14.8 Å². The van der Waals surface area contributed by atoms with E-state index < -0.39 is 22.0 Å². The topological polar surface area (TPSA) is 101 Å². The van der Waals surface area contributed by atoms with Gasteiger partial charge in [-0.05, 0) is 12.8 Å². The Balaban J connectivity index is 2.63. The predicted octanol–water partition coefficient (Wildman–Crippen LogP) is -1.74. The van der Waals surface area contributed by atoms with Crippen LogP contribution in [0.25, 0.3) is 0 Å². The lowest BCUT2D eigenvalue weighted by Gasteiger charge is -2.27. The van der Waals surface area contributed by atoms with Gasteiger partial charge in [-0.1, -0.05) is 0 Å². The number of rotatable bonds is 3. The van der Waals surface area contributed by atoms with Gasteiger partial charge < -0.3 is 10.8 Å². The summed E-state index contributed by atoms with van der Waals surface area (Å²) < 4.78 is 23.9. The minimum absolute atomic E-state index is 0.0818. The second-order valence-electron chi connectivity index (χ2n) is 3.30. The van der Waals surface area contributed by atoms with Crippen LogP contribution < -0.4 is 5.73 Å². The third kappa shape index (κ3) is 2.66. The second kappa shape index (κ2) is 4.24. The highest BCUT2D eigenvalue weighted by molar-refractivity contribution is 7.89. The van der Waals surface area contributed by atoms with Gasteiger partial charge in [0.2, 0.25) is 15.9 Å². The number of aliphatic hydroxyl groups is 1. The van der Waals surface area contributed by atoms with E-state index in [0.717, 1.165) is 10.7 Å². The monoisotopic (exact) mass is 222 g/mol. The first-order chi connectivity index (χ1) is 6.43. The van der Waals surface area contributed by atoms with E-state index in [2.05, 4.69) is 0 Å². The third-order valence-corrected chi connectivity index (χ3v) is 4.08. The molecule has 0 aromatic carbocycles. The van der Waals surface area contributed by atoms with E-state index in [4.69, 9.17) is 10.8 Å². The van der Waals surface area contributed by atoms with Crippen molar-refractivity contribution in [3.05, 3.63) is 0 Å². The van der Waals surface area contributed by atoms with E-state index in [9.17, 15) is 13.2 Å². The molecule has 1 aliphatic heterocycles. The highest BCUT2D eigenvalue weighted by Crippen LogP contribution is 2.13. The first-order valence-corrected chi connectivity index (χ1v) is 5.99. The summed E-state index contributed by atoms with van der Waals surface area (Å²) in [5.74, 6) is -0.816. The summed E-state index contributed by atoms with van der Waals surface area (Å²) in [6, 6.07) is 0. The molecule has 82 valence electrons. The Labute approximate surface area is 82.7 Å². The average Bonchev–Trinajstić information content (AvgIpc) is 2.08. The zero-order valence-corrected chi connectivity index (χ0v) is 8.53. The Morgan fingerprint density at radius 2 is 2.14 bits per heavy atom. The highest BCUT2D eigenvalue weighted by atomic mass is 32.2. The number of aliphatic hydroxyl groups excluding tert-OH is 1. The molecule has 1 atom stereocenters. The van der Waals surface area contributed by atoms with Crippen molar-refractivity contribution in [2.45, 2.75) is 18.9 Å². The number of hydrogen-bond acceptors (Lipinski definition) is 4. The maximum absolute atomic E-state index is 11.4. The molecule has 1 amide bonds. The number of sulfonamides is 1. The zero-order chi connectivity index (χ0) is 10.8. The molecule has 0 aromatic rings. The van der Waals surface area contributed by atoms with Crippen molar-refractivity contribution in [3.8, 4) is 0 Å². The molecule has 0 bridgehead atoms. The van der Waals surface area contributed by atoms with Crippen LogP contribution in [0.15, 0.2) is 0 Å². The molecule has 1 fully saturated rings. The van der Waals surface area contributed by atoms with E-state index >= 15 is 0 Å². The minimum atomic E-state index is -3.29. The molecule has 0 spiro atoms. The molecular formula is C7H14N2O4S. The molecule has 6 nitrogen and oxygen atoms in total. The van der Waals surface area contributed by atoms with Crippen LogP contribution in [0.5, 0.6) is 0 Å². The molecule has 1 saturated heterocycles. The Kier molecular flexibility index (Phi) is 3.46. The lowest BCUT2D eigenvalue weighted by Crippen LogP contribution is -2.46. The summed E-state index contributed by atoms with van der Waals surface area (Å²) in [7, 11) is -3.29. The molecule has 0 radical (unpaired) electrons. The smallest absolute Gasteiger partial charge is 0.247 e. The van der Waals surface area contributed by atoms with E-state index in [1.807, 2.05) is 0 Å². The molecule has 0 saturated carbocycles. The summed E-state index contributed by atoms with van der Waals surface area (Å²) in [6.45, 7) is 0.129. The van der Waals surface area contributed by atoms with Crippen molar-refractivity contribution in [2.75, 3.05) is 18.8 Å². The molecule has 7 heteroatoms. The molecule has 14 heavy (non-hydrogen) atoms. The number of carbonyl (C=O) groups is 1. The van der Waals surface area contributed by atoms with Crippen molar-refractivity contribution in [3.63, 3.8) is 0 Å². The third-order valence-electron chi connectivity index (χ3n) is 2.16. The van der Waals surface area contributed by atoms with Crippen LogP contribution in [0, 0.1) is 0 Å². The van der Waals surface area contributed by atoms with Gasteiger partial charge in [0.1, 0.15) is 6.10 Å². The number of nitrogens with zero attached hydrogens (tertiary/aromatic N) is 1. The Morgan fingerprint density at radius 3 is 2.64 bits per heavy atom. The normalized spacial score (nSPS) is 24.4. The Bertz CT molecular complexity index is 314. The molecule has 0 aromatic heterocycles. The molecule has 1 rings (SSSR count). The van der Waals surface area contributed by atoms with Gasteiger partial charge in [0.05, 0.1) is 5.75 Å². The van der Waals surface area contributed by atoms with Gasteiger partial charge in [0.15, 0.2) is 0 Å². The average molecular weight is 222 g/mol. The lowest BCUT2D eigenvalue weighted by molar-refractivity contribution is -0.126. The fourth-order valence-electron chi connectivity index (χ4n) is 1.33. The van der Waals surface area contributed by atoms with Crippen molar-refractivity contribution in [1.82, 2.24) is 4.31 Å². The number of hydrogen-bond donors (Lipinski definition) is 2. The number of β-amino-alcohol motifs (C(OH)–C–C–N with tert-alkyl or cyclic N) is 1. The number of carbonyl (C=O) groups excluding carboxylic acids is 1. The van der Waals surface area contributed by atoms with Crippen LogP contribution in [0.2, 0.25) is 0 Å². The number of primary amides is 1. The summed E-state index contributed by atoms with van der Waals surface area (Å²) in [5.41, 5.74) is 4.83. The number of amides is 1. The summed E-state index contributed by atoms with van der Waals surface area (Å²) >= 11 is 0. The fraction of sp³-hybridized carbons (Fsp3) is 0.857. The fourth-order valence-corrected chi connectivity index (χ4v) is 2.93. The summed E-state index contributed by atoms with van der Waals surface area (Å²) in [6.07, 6.45) is -0.0289. The van der Waals surface area contributed by atoms with E-state index in [1.165, 1.54) is 0 Å². The summed E-state index contributed by atoms with van der Waals surface area (Å²) in [5, 5.41) is 9.13. The van der Waals surface area contributed by atoms with Crippen LogP contribution in [0.4, 0.5) is 0 Å². The number of nitrogens with two attached hydrogens (primary N) is 1. The first kappa shape index (κ1) is 11.4. The van der Waals surface area contributed by atoms with Crippen LogP contribution in [0.1, 0.15) is 12.8 Å². The SMILES string of the molecule is NC(=O)C(O)CN1CCCCS1(=O)=O. The second-order valence-corrected chi connectivity index (χ2v) is 5.39. The van der Waals surface area contributed by atoms with Gasteiger partial charge in [0, 0.05) is 13.1 Å². The van der Waals surface area contributed by atoms with Gasteiger partial charge >= 0.3 is 0 Å². The van der Waals surface area contributed by atoms with Gasteiger partial charge in [-0.3, -0.25) is 4.79 Å². The van der Waals surface area contributed by atoms with Gasteiger partial charge in [0.25, 0.3) is 0 Å². The molecule has 3 N–H and O–H groups in total. The molecule has 1 unspecified atom stereocenters. The largest absolute Gasteiger partial charge is 0.382 e. The van der Waals surface area contributed by atoms with Crippen molar-refractivity contribution in [2.24, 2.45) is 5.73 Å². The van der Waals surface area contributed by atoms with Gasteiger partial charge in [-0.15, -0.1) is 0 Å². The van der Waals surface area contributed by atoms with Crippen molar-refractivity contribution < 1.29 is 18.3 Å². The zero-order valence-electron chi connectivity index (χ0n) is 7.72. The van der Waals surface area contributed by atoms with E-state index in [0.29, 0.717) is 13.0 Å². The Morgan fingerprint density at radius 1 is 1.50 bits per heavy atom. The molecule has 0 aliphatic carbocycles. The summed E-state index contributed by atoms with van der Waals surface area (Å²) in [4.78, 5) is 10.5. The van der Waals surface area contributed by atoms with E-state index in [1.54, 1.807) is 0 Å². The van der Waals surface area contributed by atoms with Crippen LogP contribution in [0.3, 0.4) is 0 Å². The predicted molar refractivity (Wildman–Crippen MR) is 49.8 cm³/mol. The van der Waals surface area contributed by atoms with Gasteiger partial charge in [-0.25, -0.2) is 8.42 Å². The van der Waals surface area contributed by atoms with Crippen LogP contribution in [-0.4, -0.2) is 48.7 Å². The maximum atomic E-state index is 11.4. The maximum Gasteiger partial charge on any atom is 0.247 e. The van der Waals surface area contributed by atoms with Crippen molar-refractivity contribution in [1.29, 1.82) is 0 Å². The molecule has 1 aliphatic rings. The standard InChI is InChI=1S/C7H14N2O4S/c8-7(11)6(10)5-9-3-1-2-4-14(9,12)13/h6,10H,1-5H2,(H2,8,11).